The van der Waals surface area contributed by atoms with Gasteiger partial charge in [0, 0.05) is 5.39 Å². The van der Waals surface area contributed by atoms with E-state index in [1.165, 1.54) is 13.2 Å². The second kappa shape index (κ2) is 6.59. The molecule has 0 radical (unpaired) electrons. The van der Waals surface area contributed by atoms with Crippen molar-refractivity contribution in [3.05, 3.63) is 34.9 Å². The minimum Gasteiger partial charge on any atom is -0.480 e. The van der Waals surface area contributed by atoms with Gasteiger partial charge < -0.3 is 14.6 Å². The van der Waals surface area contributed by atoms with Crippen molar-refractivity contribution in [3.8, 4) is 5.88 Å². The van der Waals surface area contributed by atoms with E-state index in [0.29, 0.717) is 22.4 Å². The highest BCUT2D eigenvalue weighted by molar-refractivity contribution is 6.06. The van der Waals surface area contributed by atoms with Crippen LogP contribution in [0, 0.1) is 0 Å². The number of carboxylic acids is 1. The first-order valence-corrected chi connectivity index (χ1v) is 8.69. The molecule has 2 aromatic rings. The van der Waals surface area contributed by atoms with E-state index in [0.717, 1.165) is 24.8 Å². The highest BCUT2D eigenvalue weighted by Crippen LogP contribution is 2.40. The molecule has 0 bridgehead atoms. The van der Waals surface area contributed by atoms with E-state index in [1.54, 1.807) is 0 Å². The number of hydrogen-bond donors (Lipinski definition) is 1. The van der Waals surface area contributed by atoms with Crippen molar-refractivity contribution < 1.29 is 24.2 Å². The van der Waals surface area contributed by atoms with Gasteiger partial charge in [-0.15, -0.1) is 0 Å². The zero-order valence-electron chi connectivity index (χ0n) is 15.5. The Balaban J connectivity index is 2.25. The van der Waals surface area contributed by atoms with Crippen LogP contribution in [0.3, 0.4) is 0 Å². The molecule has 1 aromatic heterocycles. The van der Waals surface area contributed by atoms with E-state index in [9.17, 15) is 14.7 Å². The quantitative estimate of drug-likeness (QED) is 0.827. The van der Waals surface area contributed by atoms with Crippen molar-refractivity contribution in [1.82, 2.24) is 4.98 Å². The van der Waals surface area contributed by atoms with Crippen LogP contribution in [0.2, 0.25) is 0 Å². The summed E-state index contributed by atoms with van der Waals surface area (Å²) < 4.78 is 10.8. The zero-order chi connectivity index (χ0) is 19.1. The molecule has 1 N–H and O–H groups in total. The number of esters is 1. The predicted octanol–water partition coefficient (Wildman–Crippen LogP) is 4.16. The molecule has 1 fully saturated rings. The first-order chi connectivity index (χ1) is 12.2. The lowest BCUT2D eigenvalue weighted by Crippen LogP contribution is -2.26. The van der Waals surface area contributed by atoms with E-state index < -0.39 is 17.5 Å². The third-order valence-electron chi connectivity index (χ3n) is 4.56. The summed E-state index contributed by atoms with van der Waals surface area (Å²) in [5.41, 5.74) is 1.08. The summed E-state index contributed by atoms with van der Waals surface area (Å²) in [6, 6.07) is 5.20. The standard InChI is InChI=1S/C20H23NO5/c1-20(2,3)26-19(24)15-13(11-6-5-7-11)9-8-12-10-14(18(22)23)17(25-4)21-16(12)15/h8-11H,5-7H2,1-4H3,(H,22,23). The van der Waals surface area contributed by atoms with Gasteiger partial charge >= 0.3 is 11.9 Å². The lowest BCUT2D eigenvalue weighted by atomic mass is 9.77. The molecule has 0 spiro atoms. The molecule has 1 saturated carbocycles. The van der Waals surface area contributed by atoms with Gasteiger partial charge in [0.15, 0.2) is 0 Å². The summed E-state index contributed by atoms with van der Waals surface area (Å²) in [7, 11) is 1.36. The number of rotatable bonds is 4. The normalized spacial score (nSPS) is 14.8. The summed E-state index contributed by atoms with van der Waals surface area (Å²) >= 11 is 0. The molecular formula is C20H23NO5. The van der Waals surface area contributed by atoms with Crippen molar-refractivity contribution in [2.75, 3.05) is 7.11 Å². The highest BCUT2D eigenvalue weighted by atomic mass is 16.6. The molecule has 0 saturated heterocycles. The summed E-state index contributed by atoms with van der Waals surface area (Å²) in [5.74, 6) is -1.28. The van der Waals surface area contributed by atoms with Crippen molar-refractivity contribution >= 4 is 22.8 Å². The predicted molar refractivity (Wildman–Crippen MR) is 97.0 cm³/mol. The number of methoxy groups -OCH3 is 1. The van der Waals surface area contributed by atoms with E-state index in [2.05, 4.69) is 4.98 Å². The van der Waals surface area contributed by atoms with Gasteiger partial charge in [0.2, 0.25) is 5.88 Å². The summed E-state index contributed by atoms with van der Waals surface area (Å²) in [6.07, 6.45) is 3.17. The number of ether oxygens (including phenoxy) is 2. The van der Waals surface area contributed by atoms with Gasteiger partial charge in [0.1, 0.15) is 11.2 Å². The molecule has 0 amide bonds. The van der Waals surface area contributed by atoms with Crippen LogP contribution in [0.25, 0.3) is 10.9 Å². The number of carbonyl (C=O) groups is 2. The van der Waals surface area contributed by atoms with Crippen LogP contribution in [-0.4, -0.2) is 34.7 Å². The van der Waals surface area contributed by atoms with Crippen LogP contribution in [0.1, 0.15) is 72.2 Å². The molecule has 0 atom stereocenters. The molecule has 1 aromatic carbocycles. The van der Waals surface area contributed by atoms with Crippen LogP contribution in [0.15, 0.2) is 18.2 Å². The van der Waals surface area contributed by atoms with Crippen LogP contribution >= 0.6 is 0 Å². The fourth-order valence-electron chi connectivity index (χ4n) is 3.15. The van der Waals surface area contributed by atoms with Crippen LogP contribution in [-0.2, 0) is 4.74 Å². The topological polar surface area (TPSA) is 85.7 Å². The first-order valence-electron chi connectivity index (χ1n) is 8.69. The molecule has 6 heteroatoms. The molecular weight excluding hydrogens is 334 g/mol. The largest absolute Gasteiger partial charge is 0.480 e. The third-order valence-corrected chi connectivity index (χ3v) is 4.56. The van der Waals surface area contributed by atoms with E-state index in [4.69, 9.17) is 9.47 Å². The number of carboxylic acid groups (broad SMARTS) is 1. The number of nitrogens with zero attached hydrogens (tertiary/aromatic N) is 1. The third kappa shape index (κ3) is 3.36. The smallest absolute Gasteiger partial charge is 0.341 e. The van der Waals surface area contributed by atoms with Crippen molar-refractivity contribution in [1.29, 1.82) is 0 Å². The number of carbonyl (C=O) groups excluding carboxylic acids is 1. The molecule has 1 heterocycles. The minimum absolute atomic E-state index is 0.0134. The Morgan fingerprint density at radius 3 is 2.42 bits per heavy atom. The first kappa shape index (κ1) is 18.2. The van der Waals surface area contributed by atoms with Gasteiger partial charge in [0.05, 0.1) is 18.2 Å². The lowest BCUT2D eigenvalue weighted by molar-refractivity contribution is 0.00692. The molecule has 26 heavy (non-hydrogen) atoms. The molecule has 0 aliphatic heterocycles. The summed E-state index contributed by atoms with van der Waals surface area (Å²) in [5, 5.41) is 9.94. The summed E-state index contributed by atoms with van der Waals surface area (Å²) in [6.45, 7) is 5.45. The van der Waals surface area contributed by atoms with Crippen LogP contribution < -0.4 is 4.74 Å². The molecule has 1 aliphatic rings. The van der Waals surface area contributed by atoms with Crippen molar-refractivity contribution in [2.24, 2.45) is 0 Å². The van der Waals surface area contributed by atoms with Gasteiger partial charge in [-0.2, -0.15) is 0 Å². The Labute approximate surface area is 152 Å². The second-order valence-corrected chi connectivity index (χ2v) is 7.58. The van der Waals surface area contributed by atoms with E-state index in [-0.39, 0.29) is 11.4 Å². The Bertz CT molecular complexity index is 878. The number of hydrogen-bond acceptors (Lipinski definition) is 5. The van der Waals surface area contributed by atoms with Crippen molar-refractivity contribution in [3.63, 3.8) is 0 Å². The number of pyridine rings is 1. The van der Waals surface area contributed by atoms with Gasteiger partial charge in [-0.1, -0.05) is 18.6 Å². The Morgan fingerprint density at radius 1 is 1.23 bits per heavy atom. The molecule has 0 unspecified atom stereocenters. The maximum absolute atomic E-state index is 12.9. The van der Waals surface area contributed by atoms with Gasteiger partial charge in [0.25, 0.3) is 0 Å². The lowest BCUT2D eigenvalue weighted by Gasteiger charge is -2.29. The fourth-order valence-corrected chi connectivity index (χ4v) is 3.15. The van der Waals surface area contributed by atoms with Crippen LogP contribution in [0.5, 0.6) is 5.88 Å². The van der Waals surface area contributed by atoms with E-state index in [1.807, 2.05) is 32.9 Å². The number of benzene rings is 1. The van der Waals surface area contributed by atoms with Gasteiger partial charge in [-0.05, 0) is 51.2 Å². The average molecular weight is 357 g/mol. The average Bonchev–Trinajstić information content (AvgIpc) is 2.49. The fraction of sp³-hybridized carbons (Fsp3) is 0.450. The van der Waals surface area contributed by atoms with Crippen LogP contribution in [0.4, 0.5) is 0 Å². The number of aromatic nitrogens is 1. The Hall–Kier alpha value is -2.63. The molecule has 6 nitrogen and oxygen atoms in total. The summed E-state index contributed by atoms with van der Waals surface area (Å²) in [4.78, 5) is 28.8. The zero-order valence-corrected chi connectivity index (χ0v) is 15.5. The number of fused-ring (bicyclic) bond motifs is 1. The maximum Gasteiger partial charge on any atom is 0.341 e. The molecule has 3 rings (SSSR count). The monoisotopic (exact) mass is 357 g/mol. The van der Waals surface area contributed by atoms with Gasteiger partial charge in [-0.25, -0.2) is 14.6 Å². The Kier molecular flexibility index (Phi) is 4.61. The van der Waals surface area contributed by atoms with Gasteiger partial charge in [-0.3, -0.25) is 0 Å². The maximum atomic E-state index is 12.9. The highest BCUT2D eigenvalue weighted by Gasteiger charge is 2.30. The minimum atomic E-state index is -1.13. The molecule has 138 valence electrons. The number of aromatic carboxylic acids is 1. The van der Waals surface area contributed by atoms with Crippen molar-refractivity contribution in [2.45, 2.75) is 51.6 Å². The Morgan fingerprint density at radius 2 is 1.92 bits per heavy atom. The second-order valence-electron chi connectivity index (χ2n) is 7.58. The molecule has 1 aliphatic carbocycles. The SMILES string of the molecule is COc1nc2c(C(=O)OC(C)(C)C)c(C3CCC3)ccc2cc1C(=O)O. The van der Waals surface area contributed by atoms with E-state index >= 15 is 0 Å².